The third-order valence-corrected chi connectivity index (χ3v) is 4.49. The molecule has 0 bridgehead atoms. The molecule has 20 heavy (non-hydrogen) atoms. The molecule has 3 unspecified atom stereocenters. The maximum Gasteiger partial charge on any atom is 0.326 e. The fourth-order valence-electron chi connectivity index (χ4n) is 3.08. The van der Waals surface area contributed by atoms with Gasteiger partial charge in [-0.05, 0) is 17.8 Å². The number of carbonyl (C=O) groups excluding carboxylic acids is 1. The number of urea groups is 1. The smallest absolute Gasteiger partial charge is 0.326 e. The summed E-state index contributed by atoms with van der Waals surface area (Å²) >= 11 is 0. The lowest BCUT2D eigenvalue weighted by Crippen LogP contribution is -2.47. The monoisotopic (exact) mass is 284 g/mol. The molecule has 6 nitrogen and oxygen atoms in total. The second kappa shape index (κ2) is 5.24. The molecule has 2 fully saturated rings. The molecule has 2 aliphatic rings. The van der Waals surface area contributed by atoms with Crippen molar-refractivity contribution in [3.63, 3.8) is 0 Å². The third-order valence-electron chi connectivity index (χ3n) is 4.49. The Balaban J connectivity index is 2.03. The highest BCUT2D eigenvalue weighted by Crippen LogP contribution is 2.34. The predicted molar refractivity (Wildman–Crippen MR) is 73.3 cm³/mol. The minimum absolute atomic E-state index is 0.118. The second-order valence-electron chi connectivity index (χ2n) is 6.98. The van der Waals surface area contributed by atoms with E-state index in [-0.39, 0.29) is 24.4 Å². The molecule has 6 heteroatoms. The number of aliphatic hydroxyl groups is 1. The molecule has 114 valence electrons. The van der Waals surface area contributed by atoms with Gasteiger partial charge in [0.15, 0.2) is 0 Å². The zero-order valence-corrected chi connectivity index (χ0v) is 12.4. The number of hydrogen-bond donors (Lipinski definition) is 2. The summed E-state index contributed by atoms with van der Waals surface area (Å²) in [4.78, 5) is 26.7. The van der Waals surface area contributed by atoms with Crippen molar-refractivity contribution >= 4 is 12.0 Å². The van der Waals surface area contributed by atoms with Crippen molar-refractivity contribution < 1.29 is 19.8 Å². The Morgan fingerprint density at radius 2 is 1.85 bits per heavy atom. The van der Waals surface area contributed by atoms with Crippen molar-refractivity contribution in [2.45, 2.75) is 45.8 Å². The van der Waals surface area contributed by atoms with Gasteiger partial charge in [0, 0.05) is 26.1 Å². The fraction of sp³-hybridized carbons (Fsp3) is 0.857. The highest BCUT2D eigenvalue weighted by molar-refractivity contribution is 5.83. The lowest BCUT2D eigenvalue weighted by Gasteiger charge is -2.30. The Labute approximate surface area is 119 Å². The quantitative estimate of drug-likeness (QED) is 0.752. The standard InChI is InChI=1S/C14H24N2O4/c1-14(2,3)9-4-5-15(7-9)13(20)16-8-10(17)6-11(16)12(18)19/h9-11,17H,4-8H2,1-3H3,(H,18,19). The summed E-state index contributed by atoms with van der Waals surface area (Å²) in [5.74, 6) is -0.608. The number of nitrogens with zero attached hydrogens (tertiary/aromatic N) is 2. The molecule has 2 aliphatic heterocycles. The van der Waals surface area contributed by atoms with Gasteiger partial charge in [-0.15, -0.1) is 0 Å². The topological polar surface area (TPSA) is 81.1 Å². The number of hydrogen-bond acceptors (Lipinski definition) is 3. The van der Waals surface area contributed by atoms with Gasteiger partial charge in [0.25, 0.3) is 0 Å². The van der Waals surface area contributed by atoms with Gasteiger partial charge in [-0.2, -0.15) is 0 Å². The molecule has 2 heterocycles. The zero-order chi connectivity index (χ0) is 15.1. The van der Waals surface area contributed by atoms with E-state index in [9.17, 15) is 14.7 Å². The van der Waals surface area contributed by atoms with Crippen molar-refractivity contribution in [2.24, 2.45) is 11.3 Å². The minimum atomic E-state index is -1.04. The predicted octanol–water partition coefficient (Wildman–Crippen LogP) is 0.994. The first kappa shape index (κ1) is 15.1. The molecule has 0 aromatic heterocycles. The maximum absolute atomic E-state index is 12.5. The number of likely N-dealkylation sites (tertiary alicyclic amines) is 2. The first-order valence-corrected chi connectivity index (χ1v) is 7.16. The Bertz CT molecular complexity index is 404. The van der Waals surface area contributed by atoms with Crippen LogP contribution in [-0.4, -0.2) is 63.8 Å². The van der Waals surface area contributed by atoms with E-state index in [1.165, 1.54) is 4.90 Å². The summed E-state index contributed by atoms with van der Waals surface area (Å²) in [6.07, 6.45) is 0.335. The van der Waals surface area contributed by atoms with Crippen LogP contribution in [0.2, 0.25) is 0 Å². The van der Waals surface area contributed by atoms with Gasteiger partial charge in [-0.25, -0.2) is 9.59 Å². The molecular weight excluding hydrogens is 260 g/mol. The van der Waals surface area contributed by atoms with Crippen LogP contribution in [0.5, 0.6) is 0 Å². The first-order chi connectivity index (χ1) is 9.20. The summed E-state index contributed by atoms with van der Waals surface area (Å²) in [7, 11) is 0. The molecule has 0 aromatic carbocycles. The van der Waals surface area contributed by atoms with Crippen LogP contribution in [0.1, 0.15) is 33.6 Å². The highest BCUT2D eigenvalue weighted by atomic mass is 16.4. The van der Waals surface area contributed by atoms with E-state index in [1.54, 1.807) is 4.90 Å². The third kappa shape index (κ3) is 2.90. The molecule has 0 aliphatic carbocycles. The second-order valence-corrected chi connectivity index (χ2v) is 6.98. The average Bonchev–Trinajstić information content (AvgIpc) is 2.93. The first-order valence-electron chi connectivity index (χ1n) is 7.16. The van der Waals surface area contributed by atoms with Crippen LogP contribution in [0.3, 0.4) is 0 Å². The van der Waals surface area contributed by atoms with Gasteiger partial charge in [0.05, 0.1) is 6.10 Å². The number of carbonyl (C=O) groups is 2. The Kier molecular flexibility index (Phi) is 3.95. The molecule has 2 saturated heterocycles. The summed E-state index contributed by atoms with van der Waals surface area (Å²) < 4.78 is 0. The lowest BCUT2D eigenvalue weighted by molar-refractivity contribution is -0.141. The van der Waals surface area contributed by atoms with Crippen molar-refractivity contribution in [2.75, 3.05) is 19.6 Å². The normalized spacial score (nSPS) is 30.9. The van der Waals surface area contributed by atoms with E-state index in [0.29, 0.717) is 19.0 Å². The van der Waals surface area contributed by atoms with Gasteiger partial charge in [-0.1, -0.05) is 20.8 Å². The van der Waals surface area contributed by atoms with Gasteiger partial charge in [0.1, 0.15) is 6.04 Å². The molecule has 2 N–H and O–H groups in total. The Morgan fingerprint density at radius 1 is 1.20 bits per heavy atom. The molecule has 0 radical (unpaired) electrons. The van der Waals surface area contributed by atoms with Gasteiger partial charge < -0.3 is 20.0 Å². The van der Waals surface area contributed by atoms with Crippen LogP contribution in [0, 0.1) is 11.3 Å². The molecule has 3 atom stereocenters. The number of carboxylic acids is 1. The van der Waals surface area contributed by atoms with Crippen LogP contribution in [0.15, 0.2) is 0 Å². The highest BCUT2D eigenvalue weighted by Gasteiger charge is 2.43. The molecule has 0 saturated carbocycles. The van der Waals surface area contributed by atoms with E-state index in [1.807, 2.05) is 0 Å². The average molecular weight is 284 g/mol. The van der Waals surface area contributed by atoms with Crippen molar-refractivity contribution in [1.82, 2.24) is 9.80 Å². The maximum atomic E-state index is 12.5. The van der Waals surface area contributed by atoms with Crippen LogP contribution >= 0.6 is 0 Å². The van der Waals surface area contributed by atoms with E-state index in [2.05, 4.69) is 20.8 Å². The van der Waals surface area contributed by atoms with E-state index >= 15 is 0 Å². The van der Waals surface area contributed by atoms with Crippen LogP contribution < -0.4 is 0 Å². The molecular formula is C14H24N2O4. The Hall–Kier alpha value is -1.30. The van der Waals surface area contributed by atoms with E-state index in [4.69, 9.17) is 5.11 Å². The zero-order valence-electron chi connectivity index (χ0n) is 12.4. The molecule has 0 aromatic rings. The molecule has 2 rings (SSSR count). The number of carboxylic acid groups (broad SMARTS) is 1. The molecule has 2 amide bonds. The van der Waals surface area contributed by atoms with Crippen LogP contribution in [-0.2, 0) is 4.79 Å². The number of aliphatic carboxylic acids is 1. The molecule has 0 spiro atoms. The lowest BCUT2D eigenvalue weighted by atomic mass is 9.80. The van der Waals surface area contributed by atoms with E-state index < -0.39 is 18.1 Å². The number of amides is 2. The fourth-order valence-corrected chi connectivity index (χ4v) is 3.08. The minimum Gasteiger partial charge on any atom is -0.480 e. The van der Waals surface area contributed by atoms with Crippen molar-refractivity contribution in [3.8, 4) is 0 Å². The van der Waals surface area contributed by atoms with Crippen LogP contribution in [0.25, 0.3) is 0 Å². The van der Waals surface area contributed by atoms with Gasteiger partial charge in [0.2, 0.25) is 0 Å². The largest absolute Gasteiger partial charge is 0.480 e. The summed E-state index contributed by atoms with van der Waals surface area (Å²) in [5, 5.41) is 18.8. The number of aliphatic hydroxyl groups excluding tert-OH is 1. The summed E-state index contributed by atoms with van der Waals surface area (Å²) in [6, 6.07) is -1.15. The van der Waals surface area contributed by atoms with E-state index in [0.717, 1.165) is 6.42 Å². The summed E-state index contributed by atoms with van der Waals surface area (Å²) in [5.41, 5.74) is 0.145. The van der Waals surface area contributed by atoms with Gasteiger partial charge >= 0.3 is 12.0 Å². The SMILES string of the molecule is CC(C)(C)C1CCN(C(=O)N2CC(O)CC2C(=O)O)C1. The number of β-amino-alcohol motifs (C(OH)–C–C–N with tert-alkyl or cyclic N) is 1. The number of rotatable bonds is 1. The Morgan fingerprint density at radius 3 is 2.35 bits per heavy atom. The van der Waals surface area contributed by atoms with Crippen molar-refractivity contribution in [3.05, 3.63) is 0 Å². The van der Waals surface area contributed by atoms with Crippen LogP contribution in [0.4, 0.5) is 4.79 Å². The van der Waals surface area contributed by atoms with Gasteiger partial charge in [-0.3, -0.25) is 0 Å². The van der Waals surface area contributed by atoms with Crippen molar-refractivity contribution in [1.29, 1.82) is 0 Å². The summed E-state index contributed by atoms with van der Waals surface area (Å²) in [6.45, 7) is 7.93.